The van der Waals surface area contributed by atoms with Crippen molar-refractivity contribution in [3.8, 4) is 6.07 Å². The number of allylic oxidation sites excluding steroid dienone is 1. The summed E-state index contributed by atoms with van der Waals surface area (Å²) in [5, 5.41) is 9.52. The molecule has 2 heterocycles. The van der Waals surface area contributed by atoms with Gasteiger partial charge in [-0.05, 0) is 24.6 Å². The fourth-order valence-electron chi connectivity index (χ4n) is 2.88. The predicted octanol–water partition coefficient (Wildman–Crippen LogP) is 2.57. The van der Waals surface area contributed by atoms with Crippen LogP contribution >= 0.6 is 0 Å². The van der Waals surface area contributed by atoms with E-state index in [1.54, 1.807) is 6.92 Å². The summed E-state index contributed by atoms with van der Waals surface area (Å²) in [7, 11) is 0. The SMILES string of the molecule is CC(=O)OCCC1=C(C)C(C#N)c2nc3ccccc3n2C1=O. The Bertz CT molecular complexity index is 886. The lowest BCUT2D eigenvalue weighted by molar-refractivity contribution is -0.140. The molecule has 23 heavy (non-hydrogen) atoms. The van der Waals surface area contributed by atoms with Gasteiger partial charge >= 0.3 is 5.97 Å². The molecule has 0 aliphatic carbocycles. The van der Waals surface area contributed by atoms with Crippen molar-refractivity contribution in [3.05, 3.63) is 41.2 Å². The maximum absolute atomic E-state index is 12.9. The number of ether oxygens (including phenoxy) is 1. The van der Waals surface area contributed by atoms with E-state index in [0.29, 0.717) is 28.0 Å². The largest absolute Gasteiger partial charge is 0.466 e. The minimum absolute atomic E-state index is 0.119. The molecule has 116 valence electrons. The molecular weight excluding hydrogens is 294 g/mol. The number of imidazole rings is 1. The van der Waals surface area contributed by atoms with Gasteiger partial charge in [-0.3, -0.25) is 14.2 Å². The lowest BCUT2D eigenvalue weighted by atomic mass is 9.90. The molecule has 1 aromatic heterocycles. The van der Waals surface area contributed by atoms with Crippen LogP contribution in [0.25, 0.3) is 11.0 Å². The Morgan fingerprint density at radius 2 is 2.17 bits per heavy atom. The van der Waals surface area contributed by atoms with E-state index in [2.05, 4.69) is 11.1 Å². The molecule has 3 rings (SSSR count). The highest BCUT2D eigenvalue weighted by Gasteiger charge is 2.33. The first-order chi connectivity index (χ1) is 11.0. The molecule has 6 nitrogen and oxygen atoms in total. The molecular formula is C17H15N3O3. The Morgan fingerprint density at radius 3 is 2.87 bits per heavy atom. The summed E-state index contributed by atoms with van der Waals surface area (Å²) in [5.74, 6) is -0.721. The van der Waals surface area contributed by atoms with Gasteiger partial charge in [-0.2, -0.15) is 5.26 Å². The molecule has 0 N–H and O–H groups in total. The van der Waals surface area contributed by atoms with Crippen LogP contribution in [-0.2, 0) is 9.53 Å². The zero-order chi connectivity index (χ0) is 16.6. The molecule has 1 aliphatic heterocycles. The number of fused-ring (bicyclic) bond motifs is 3. The number of esters is 1. The highest BCUT2D eigenvalue weighted by Crippen LogP contribution is 2.35. The van der Waals surface area contributed by atoms with E-state index in [1.807, 2.05) is 24.3 Å². The summed E-state index contributed by atoms with van der Waals surface area (Å²) in [6.07, 6.45) is 0.286. The molecule has 6 heteroatoms. The molecule has 1 aliphatic rings. The van der Waals surface area contributed by atoms with Crippen molar-refractivity contribution in [2.75, 3.05) is 6.61 Å². The van der Waals surface area contributed by atoms with Crippen LogP contribution in [-0.4, -0.2) is 28.0 Å². The number of carbonyl (C=O) groups is 2. The fraction of sp³-hybridized carbons (Fsp3) is 0.294. The van der Waals surface area contributed by atoms with E-state index >= 15 is 0 Å². The summed E-state index contributed by atoms with van der Waals surface area (Å²) in [4.78, 5) is 28.2. The zero-order valence-electron chi connectivity index (χ0n) is 12.9. The minimum Gasteiger partial charge on any atom is -0.466 e. The van der Waals surface area contributed by atoms with Crippen LogP contribution in [0, 0.1) is 11.3 Å². The highest BCUT2D eigenvalue weighted by atomic mass is 16.5. The standard InChI is InChI=1S/C17H15N3O3/c1-10-12(7-8-23-11(2)21)17(22)20-15-6-4-3-5-14(15)19-16(20)13(10)9-18/h3-6,13H,7-8H2,1-2H3. The van der Waals surface area contributed by atoms with E-state index in [4.69, 9.17) is 4.74 Å². The van der Waals surface area contributed by atoms with Crippen molar-refractivity contribution < 1.29 is 14.3 Å². The molecule has 2 aromatic rings. The second-order valence-corrected chi connectivity index (χ2v) is 5.41. The Kier molecular flexibility index (Phi) is 3.70. The summed E-state index contributed by atoms with van der Waals surface area (Å²) >= 11 is 0. The quantitative estimate of drug-likeness (QED) is 0.813. The molecule has 0 saturated heterocycles. The van der Waals surface area contributed by atoms with Gasteiger partial charge in [-0.25, -0.2) is 4.98 Å². The molecule has 0 fully saturated rings. The smallest absolute Gasteiger partial charge is 0.302 e. The van der Waals surface area contributed by atoms with Crippen LogP contribution in [0.15, 0.2) is 35.4 Å². The maximum Gasteiger partial charge on any atom is 0.302 e. The van der Waals surface area contributed by atoms with E-state index in [1.165, 1.54) is 11.5 Å². The third-order valence-electron chi connectivity index (χ3n) is 4.00. The third-order valence-corrected chi connectivity index (χ3v) is 4.00. The zero-order valence-corrected chi connectivity index (χ0v) is 12.9. The number of para-hydroxylation sites is 2. The lowest BCUT2D eigenvalue weighted by Gasteiger charge is -2.22. The second kappa shape index (κ2) is 5.69. The van der Waals surface area contributed by atoms with Gasteiger partial charge in [-0.15, -0.1) is 0 Å². The Hall–Kier alpha value is -2.94. The molecule has 0 amide bonds. The van der Waals surface area contributed by atoms with Crippen LogP contribution < -0.4 is 0 Å². The van der Waals surface area contributed by atoms with Gasteiger partial charge in [0.2, 0.25) is 0 Å². The average molecular weight is 309 g/mol. The molecule has 0 saturated carbocycles. The Labute approximate surface area is 133 Å². The molecule has 0 bridgehead atoms. The fourth-order valence-corrected chi connectivity index (χ4v) is 2.88. The summed E-state index contributed by atoms with van der Waals surface area (Å²) in [5.41, 5.74) is 2.55. The molecule has 0 radical (unpaired) electrons. The van der Waals surface area contributed by atoms with Crippen LogP contribution in [0.3, 0.4) is 0 Å². The van der Waals surface area contributed by atoms with E-state index in [-0.39, 0.29) is 18.9 Å². The van der Waals surface area contributed by atoms with Gasteiger partial charge in [0.25, 0.3) is 5.91 Å². The average Bonchev–Trinajstić information content (AvgIpc) is 2.90. The number of hydrogen-bond donors (Lipinski definition) is 0. The lowest BCUT2D eigenvalue weighted by Crippen LogP contribution is -2.26. The number of hydrogen-bond acceptors (Lipinski definition) is 5. The monoisotopic (exact) mass is 309 g/mol. The van der Waals surface area contributed by atoms with Gasteiger partial charge in [0, 0.05) is 18.9 Å². The van der Waals surface area contributed by atoms with Gasteiger partial charge in [0.1, 0.15) is 11.7 Å². The number of nitrogens with zero attached hydrogens (tertiary/aromatic N) is 3. The minimum atomic E-state index is -0.576. The van der Waals surface area contributed by atoms with E-state index < -0.39 is 11.9 Å². The van der Waals surface area contributed by atoms with Crippen molar-refractivity contribution in [2.45, 2.75) is 26.2 Å². The number of carbonyl (C=O) groups excluding carboxylic acids is 2. The number of benzene rings is 1. The van der Waals surface area contributed by atoms with Crippen molar-refractivity contribution in [2.24, 2.45) is 0 Å². The van der Waals surface area contributed by atoms with Gasteiger partial charge in [0.05, 0.1) is 23.7 Å². The van der Waals surface area contributed by atoms with E-state index in [9.17, 15) is 14.9 Å². The van der Waals surface area contributed by atoms with E-state index in [0.717, 1.165) is 0 Å². The second-order valence-electron chi connectivity index (χ2n) is 5.41. The highest BCUT2D eigenvalue weighted by molar-refractivity contribution is 6.03. The van der Waals surface area contributed by atoms with Gasteiger partial charge in [0.15, 0.2) is 0 Å². The van der Waals surface area contributed by atoms with Crippen LogP contribution in [0.4, 0.5) is 0 Å². The third kappa shape index (κ3) is 2.40. The van der Waals surface area contributed by atoms with Crippen LogP contribution in [0.1, 0.15) is 36.8 Å². The maximum atomic E-state index is 12.9. The van der Waals surface area contributed by atoms with Crippen molar-refractivity contribution >= 4 is 22.9 Å². The summed E-state index contributed by atoms with van der Waals surface area (Å²) in [6, 6.07) is 9.51. The molecule has 0 spiro atoms. The van der Waals surface area contributed by atoms with Crippen molar-refractivity contribution in [1.29, 1.82) is 5.26 Å². The van der Waals surface area contributed by atoms with Gasteiger partial charge < -0.3 is 4.74 Å². The van der Waals surface area contributed by atoms with Crippen LogP contribution in [0.5, 0.6) is 0 Å². The topological polar surface area (TPSA) is 85.0 Å². The van der Waals surface area contributed by atoms with Crippen molar-refractivity contribution in [3.63, 3.8) is 0 Å². The number of rotatable bonds is 3. The van der Waals surface area contributed by atoms with Crippen LogP contribution in [0.2, 0.25) is 0 Å². The predicted molar refractivity (Wildman–Crippen MR) is 82.7 cm³/mol. The number of nitriles is 1. The first-order valence-electron chi connectivity index (χ1n) is 7.29. The molecule has 1 unspecified atom stereocenters. The molecule has 1 aromatic carbocycles. The van der Waals surface area contributed by atoms with Gasteiger partial charge in [-0.1, -0.05) is 12.1 Å². The Balaban J connectivity index is 2.07. The number of aromatic nitrogens is 2. The first-order valence-corrected chi connectivity index (χ1v) is 7.29. The summed E-state index contributed by atoms with van der Waals surface area (Å²) < 4.78 is 6.43. The summed E-state index contributed by atoms with van der Waals surface area (Å²) in [6.45, 7) is 3.20. The first kappa shape index (κ1) is 15.0. The Morgan fingerprint density at radius 1 is 1.43 bits per heavy atom. The molecule has 1 atom stereocenters. The van der Waals surface area contributed by atoms with Crippen molar-refractivity contribution in [1.82, 2.24) is 9.55 Å². The normalized spacial score (nSPS) is 17.1.